The minimum Gasteiger partial charge on any atom is -0.494 e. The van der Waals surface area contributed by atoms with Gasteiger partial charge < -0.3 is 9.30 Å². The molecule has 0 N–H and O–H groups in total. The van der Waals surface area contributed by atoms with Crippen LogP contribution in [0.3, 0.4) is 0 Å². The zero-order valence-electron chi connectivity index (χ0n) is 18.4. The highest BCUT2D eigenvalue weighted by Crippen LogP contribution is 2.19. The van der Waals surface area contributed by atoms with Gasteiger partial charge in [-0.2, -0.15) is 0 Å². The molecule has 0 aliphatic heterocycles. The molecule has 0 bridgehead atoms. The summed E-state index contributed by atoms with van der Waals surface area (Å²) in [5.41, 5.74) is 3.32. The van der Waals surface area contributed by atoms with Crippen molar-refractivity contribution in [1.29, 1.82) is 0 Å². The van der Waals surface area contributed by atoms with Crippen LogP contribution >= 0.6 is 0 Å². The van der Waals surface area contributed by atoms with Crippen molar-refractivity contribution >= 4 is 10.9 Å². The highest BCUT2D eigenvalue weighted by atomic mass is 16.5. The van der Waals surface area contributed by atoms with Crippen molar-refractivity contribution in [3.63, 3.8) is 0 Å². The summed E-state index contributed by atoms with van der Waals surface area (Å²) in [6, 6.07) is 17.5. The van der Waals surface area contributed by atoms with Gasteiger partial charge in [-0.3, -0.25) is 19.7 Å². The molecule has 1 aromatic carbocycles. The number of pyridine rings is 3. The van der Waals surface area contributed by atoms with Gasteiger partial charge in [0.25, 0.3) is 5.56 Å². The molecule has 4 aromatic rings. The Morgan fingerprint density at radius 3 is 2.28 bits per heavy atom. The monoisotopic (exact) mass is 428 g/mol. The largest absolute Gasteiger partial charge is 0.494 e. The normalized spacial score (nSPS) is 11.2. The molecule has 0 aliphatic rings. The molecule has 164 valence electrons. The van der Waals surface area contributed by atoms with Crippen molar-refractivity contribution in [2.75, 3.05) is 13.2 Å². The maximum absolute atomic E-state index is 11.8. The summed E-state index contributed by atoms with van der Waals surface area (Å²) in [4.78, 5) is 22.7. The third-order valence-electron chi connectivity index (χ3n) is 5.49. The van der Waals surface area contributed by atoms with E-state index in [-0.39, 0.29) is 5.56 Å². The third-order valence-corrected chi connectivity index (χ3v) is 5.49. The molecular weight excluding hydrogens is 400 g/mol. The van der Waals surface area contributed by atoms with Crippen LogP contribution in [0.2, 0.25) is 0 Å². The maximum atomic E-state index is 11.8. The molecule has 0 aliphatic carbocycles. The van der Waals surface area contributed by atoms with Crippen molar-refractivity contribution in [1.82, 2.24) is 19.4 Å². The van der Waals surface area contributed by atoms with Crippen LogP contribution < -0.4 is 10.3 Å². The van der Waals surface area contributed by atoms with Crippen LogP contribution in [0.15, 0.2) is 84.2 Å². The fraction of sp³-hybridized carbons (Fsp3) is 0.269. The Morgan fingerprint density at radius 2 is 1.62 bits per heavy atom. The summed E-state index contributed by atoms with van der Waals surface area (Å²) in [6.07, 6.45) is 9.45. The second-order valence-corrected chi connectivity index (χ2v) is 7.94. The van der Waals surface area contributed by atoms with E-state index in [1.807, 2.05) is 48.8 Å². The Hall–Kier alpha value is -3.51. The van der Waals surface area contributed by atoms with Crippen LogP contribution in [0.4, 0.5) is 0 Å². The van der Waals surface area contributed by atoms with E-state index in [9.17, 15) is 4.79 Å². The molecule has 6 nitrogen and oxygen atoms in total. The highest BCUT2D eigenvalue weighted by Gasteiger charge is 2.08. The molecule has 0 amide bonds. The SMILES string of the molecule is Cn1c(=O)ccc2cc(OCCCCN(Cc3cccnc3)Cc3cccnc3)ccc21. The second-order valence-electron chi connectivity index (χ2n) is 7.94. The van der Waals surface area contributed by atoms with E-state index in [0.29, 0.717) is 6.61 Å². The summed E-state index contributed by atoms with van der Waals surface area (Å²) in [6.45, 7) is 3.33. The number of aryl methyl sites for hydroxylation is 1. The highest BCUT2D eigenvalue weighted by molar-refractivity contribution is 5.80. The number of rotatable bonds is 10. The van der Waals surface area contributed by atoms with Crippen molar-refractivity contribution < 1.29 is 4.74 Å². The Labute approximate surface area is 188 Å². The Balaban J connectivity index is 1.30. The van der Waals surface area contributed by atoms with Gasteiger partial charge in [-0.25, -0.2) is 0 Å². The summed E-state index contributed by atoms with van der Waals surface area (Å²) in [7, 11) is 1.79. The van der Waals surface area contributed by atoms with Gasteiger partial charge in [-0.1, -0.05) is 12.1 Å². The standard InChI is InChI=1S/C26H28N4O2/c1-29-25-10-9-24(16-23(25)8-11-26(29)31)32-15-3-2-14-30(19-21-6-4-12-27-17-21)20-22-7-5-13-28-18-22/h4-13,16-18H,2-3,14-15,19-20H2,1H3. The first-order chi connectivity index (χ1) is 15.7. The fourth-order valence-corrected chi connectivity index (χ4v) is 3.79. The number of benzene rings is 1. The molecule has 0 saturated carbocycles. The minimum atomic E-state index is -0.00621. The molecule has 3 heterocycles. The molecular formula is C26H28N4O2. The van der Waals surface area contributed by atoms with Crippen LogP contribution in [0, 0.1) is 0 Å². The van der Waals surface area contributed by atoms with Crippen LogP contribution in [0.25, 0.3) is 10.9 Å². The molecule has 0 radical (unpaired) electrons. The average molecular weight is 429 g/mol. The molecule has 0 spiro atoms. The van der Waals surface area contributed by atoms with E-state index in [1.54, 1.807) is 30.1 Å². The summed E-state index contributed by atoms with van der Waals surface area (Å²) in [5.74, 6) is 0.832. The predicted molar refractivity (Wildman–Crippen MR) is 127 cm³/mol. The van der Waals surface area contributed by atoms with Crippen LogP contribution in [0.5, 0.6) is 5.75 Å². The Morgan fingerprint density at radius 1 is 0.906 bits per heavy atom. The molecule has 32 heavy (non-hydrogen) atoms. The summed E-state index contributed by atoms with van der Waals surface area (Å²) in [5, 5.41) is 1.00. The lowest BCUT2D eigenvalue weighted by Crippen LogP contribution is -2.24. The van der Waals surface area contributed by atoms with E-state index in [2.05, 4.69) is 27.0 Å². The molecule has 4 rings (SSSR count). The first-order valence-corrected chi connectivity index (χ1v) is 10.9. The predicted octanol–water partition coefficient (Wildman–Crippen LogP) is 4.19. The lowest BCUT2D eigenvalue weighted by atomic mass is 10.2. The number of ether oxygens (including phenoxy) is 1. The zero-order chi connectivity index (χ0) is 22.2. The smallest absolute Gasteiger partial charge is 0.250 e. The maximum Gasteiger partial charge on any atom is 0.250 e. The van der Waals surface area contributed by atoms with Crippen LogP contribution in [-0.4, -0.2) is 32.6 Å². The van der Waals surface area contributed by atoms with Crippen molar-refractivity contribution in [2.45, 2.75) is 25.9 Å². The van der Waals surface area contributed by atoms with E-state index in [0.717, 1.165) is 49.1 Å². The van der Waals surface area contributed by atoms with Crippen LogP contribution in [-0.2, 0) is 20.1 Å². The van der Waals surface area contributed by atoms with E-state index in [4.69, 9.17) is 4.74 Å². The molecule has 0 fully saturated rings. The molecule has 0 unspecified atom stereocenters. The molecule has 0 saturated heterocycles. The summed E-state index contributed by atoms with van der Waals surface area (Å²) >= 11 is 0. The fourth-order valence-electron chi connectivity index (χ4n) is 3.79. The zero-order valence-corrected chi connectivity index (χ0v) is 18.4. The Kier molecular flexibility index (Phi) is 7.25. The van der Waals surface area contributed by atoms with Crippen LogP contribution in [0.1, 0.15) is 24.0 Å². The number of unbranched alkanes of at least 4 members (excludes halogenated alkanes) is 1. The average Bonchev–Trinajstić information content (AvgIpc) is 2.82. The van der Waals surface area contributed by atoms with Gasteiger partial charge in [0.2, 0.25) is 0 Å². The van der Waals surface area contributed by atoms with Gasteiger partial charge in [0.1, 0.15) is 5.75 Å². The molecule has 0 atom stereocenters. The first-order valence-electron chi connectivity index (χ1n) is 10.9. The van der Waals surface area contributed by atoms with Gasteiger partial charge in [0.15, 0.2) is 0 Å². The quantitative estimate of drug-likeness (QED) is 0.355. The molecule has 6 heteroatoms. The summed E-state index contributed by atoms with van der Waals surface area (Å²) < 4.78 is 7.63. The van der Waals surface area contributed by atoms with Crippen molar-refractivity contribution in [3.8, 4) is 5.75 Å². The first kappa shape index (κ1) is 21.7. The number of aromatic nitrogens is 3. The lowest BCUT2D eigenvalue weighted by molar-refractivity contribution is 0.236. The number of hydrogen-bond donors (Lipinski definition) is 0. The van der Waals surface area contributed by atoms with Crippen molar-refractivity contribution in [2.24, 2.45) is 7.05 Å². The van der Waals surface area contributed by atoms with Gasteiger partial charge in [0.05, 0.1) is 12.1 Å². The topological polar surface area (TPSA) is 60.2 Å². The third kappa shape index (κ3) is 5.80. The molecule has 3 aromatic heterocycles. The van der Waals surface area contributed by atoms with E-state index >= 15 is 0 Å². The Bertz CT molecular complexity index is 1150. The number of hydrogen-bond acceptors (Lipinski definition) is 5. The van der Waals surface area contributed by atoms with Gasteiger partial charge >= 0.3 is 0 Å². The van der Waals surface area contributed by atoms with E-state index in [1.165, 1.54) is 11.1 Å². The number of fused-ring (bicyclic) bond motifs is 1. The van der Waals surface area contributed by atoms with Gasteiger partial charge in [-0.15, -0.1) is 0 Å². The lowest BCUT2D eigenvalue weighted by Gasteiger charge is -2.22. The van der Waals surface area contributed by atoms with E-state index < -0.39 is 0 Å². The van der Waals surface area contributed by atoms with Crippen molar-refractivity contribution in [3.05, 3.63) is 101 Å². The minimum absolute atomic E-state index is 0.00621. The second kappa shape index (κ2) is 10.7. The number of nitrogens with zero attached hydrogens (tertiary/aromatic N) is 4. The van der Waals surface area contributed by atoms with Gasteiger partial charge in [0, 0.05) is 56.4 Å². The van der Waals surface area contributed by atoms with Gasteiger partial charge in [-0.05, 0) is 66.9 Å².